The topological polar surface area (TPSA) is 53.4 Å². The van der Waals surface area contributed by atoms with Crippen molar-refractivity contribution in [3.63, 3.8) is 0 Å². The van der Waals surface area contributed by atoms with Crippen LogP contribution in [0.25, 0.3) is 0 Å². The van der Waals surface area contributed by atoms with Crippen molar-refractivity contribution in [2.75, 3.05) is 18.5 Å². The number of hydrogen-bond acceptors (Lipinski definition) is 3. The van der Waals surface area contributed by atoms with Gasteiger partial charge in [-0.2, -0.15) is 0 Å². The van der Waals surface area contributed by atoms with E-state index in [9.17, 15) is 4.79 Å². The SMILES string of the molecule is C=C(C)CN(C)c1ccncc1C(=O)O. The highest BCUT2D eigenvalue weighted by Gasteiger charge is 2.12. The van der Waals surface area contributed by atoms with Gasteiger partial charge >= 0.3 is 5.97 Å². The summed E-state index contributed by atoms with van der Waals surface area (Å²) in [7, 11) is 1.83. The van der Waals surface area contributed by atoms with Gasteiger partial charge in [0.1, 0.15) is 5.56 Å². The van der Waals surface area contributed by atoms with E-state index < -0.39 is 5.97 Å². The number of aromatic carboxylic acids is 1. The number of rotatable bonds is 4. The molecule has 0 aliphatic rings. The second-order valence-corrected chi connectivity index (χ2v) is 3.51. The van der Waals surface area contributed by atoms with Crippen LogP contribution in [0.15, 0.2) is 30.6 Å². The molecule has 0 atom stereocenters. The zero-order chi connectivity index (χ0) is 11.4. The summed E-state index contributed by atoms with van der Waals surface area (Å²) < 4.78 is 0. The summed E-state index contributed by atoms with van der Waals surface area (Å²) in [5.74, 6) is -0.966. The Hall–Kier alpha value is -1.84. The van der Waals surface area contributed by atoms with Gasteiger partial charge < -0.3 is 10.0 Å². The molecule has 0 spiro atoms. The van der Waals surface area contributed by atoms with E-state index in [0.29, 0.717) is 12.2 Å². The molecule has 1 aromatic rings. The van der Waals surface area contributed by atoms with Gasteiger partial charge in [0.25, 0.3) is 0 Å². The average Bonchev–Trinajstić information content (AvgIpc) is 2.16. The number of aromatic nitrogens is 1. The molecular formula is C11H14N2O2. The van der Waals surface area contributed by atoms with E-state index in [4.69, 9.17) is 5.11 Å². The molecule has 1 N–H and O–H groups in total. The minimum absolute atomic E-state index is 0.209. The van der Waals surface area contributed by atoms with E-state index in [1.54, 1.807) is 12.3 Å². The highest BCUT2D eigenvalue weighted by Crippen LogP contribution is 2.18. The molecule has 0 unspecified atom stereocenters. The first-order valence-corrected chi connectivity index (χ1v) is 4.55. The molecule has 1 aromatic heterocycles. The minimum atomic E-state index is -0.966. The molecule has 0 saturated carbocycles. The highest BCUT2D eigenvalue weighted by atomic mass is 16.4. The smallest absolute Gasteiger partial charge is 0.339 e. The summed E-state index contributed by atoms with van der Waals surface area (Å²) >= 11 is 0. The third-order valence-corrected chi connectivity index (χ3v) is 1.95. The summed E-state index contributed by atoms with van der Waals surface area (Å²) in [5.41, 5.74) is 1.84. The molecule has 0 bridgehead atoms. The molecule has 4 nitrogen and oxygen atoms in total. The van der Waals surface area contributed by atoms with Crippen molar-refractivity contribution in [3.8, 4) is 0 Å². The third kappa shape index (κ3) is 2.80. The summed E-state index contributed by atoms with van der Waals surface area (Å²) in [6.45, 7) is 6.32. The Morgan fingerprint density at radius 2 is 2.33 bits per heavy atom. The average molecular weight is 206 g/mol. The second kappa shape index (κ2) is 4.59. The number of nitrogens with zero attached hydrogens (tertiary/aromatic N) is 2. The fourth-order valence-electron chi connectivity index (χ4n) is 1.37. The first-order valence-electron chi connectivity index (χ1n) is 4.55. The van der Waals surface area contributed by atoms with Crippen LogP contribution in [0.1, 0.15) is 17.3 Å². The predicted molar refractivity (Wildman–Crippen MR) is 59.3 cm³/mol. The molecule has 0 saturated heterocycles. The number of anilines is 1. The predicted octanol–water partition coefficient (Wildman–Crippen LogP) is 1.79. The van der Waals surface area contributed by atoms with Gasteiger partial charge in [0.05, 0.1) is 5.69 Å². The van der Waals surface area contributed by atoms with E-state index in [2.05, 4.69) is 11.6 Å². The zero-order valence-electron chi connectivity index (χ0n) is 8.90. The maximum absolute atomic E-state index is 10.9. The standard InChI is InChI=1S/C11H14N2O2/c1-8(2)7-13(3)10-4-5-12-6-9(10)11(14)15/h4-6H,1,7H2,2-3H3,(H,14,15). The maximum Gasteiger partial charge on any atom is 0.339 e. The molecule has 1 rings (SSSR count). The van der Waals surface area contributed by atoms with Crippen molar-refractivity contribution in [2.45, 2.75) is 6.92 Å². The van der Waals surface area contributed by atoms with Crippen LogP contribution in [0, 0.1) is 0 Å². The van der Waals surface area contributed by atoms with Crippen LogP contribution in [0.5, 0.6) is 0 Å². The minimum Gasteiger partial charge on any atom is -0.478 e. The molecule has 0 amide bonds. The van der Waals surface area contributed by atoms with Crippen molar-refractivity contribution in [2.24, 2.45) is 0 Å². The quantitative estimate of drug-likeness (QED) is 0.763. The van der Waals surface area contributed by atoms with E-state index in [-0.39, 0.29) is 5.56 Å². The Morgan fingerprint density at radius 1 is 1.67 bits per heavy atom. The Kier molecular flexibility index (Phi) is 3.44. The monoisotopic (exact) mass is 206 g/mol. The fraction of sp³-hybridized carbons (Fsp3) is 0.273. The Bertz CT molecular complexity index is 388. The Balaban J connectivity index is 3.02. The molecule has 4 heteroatoms. The van der Waals surface area contributed by atoms with Crippen molar-refractivity contribution >= 4 is 11.7 Å². The van der Waals surface area contributed by atoms with Gasteiger partial charge in [-0.05, 0) is 13.0 Å². The van der Waals surface area contributed by atoms with Crippen molar-refractivity contribution in [3.05, 3.63) is 36.2 Å². The lowest BCUT2D eigenvalue weighted by Crippen LogP contribution is -2.21. The summed E-state index contributed by atoms with van der Waals surface area (Å²) in [5, 5.41) is 8.96. The molecule has 0 fully saturated rings. The fourth-order valence-corrected chi connectivity index (χ4v) is 1.37. The Labute approximate surface area is 88.9 Å². The van der Waals surface area contributed by atoms with E-state index >= 15 is 0 Å². The zero-order valence-corrected chi connectivity index (χ0v) is 8.90. The number of hydrogen-bond donors (Lipinski definition) is 1. The van der Waals surface area contributed by atoms with Crippen LogP contribution in [0.3, 0.4) is 0 Å². The Morgan fingerprint density at radius 3 is 2.87 bits per heavy atom. The van der Waals surface area contributed by atoms with Gasteiger partial charge in [-0.25, -0.2) is 4.79 Å². The van der Waals surface area contributed by atoms with Crippen LogP contribution >= 0.6 is 0 Å². The molecule has 0 aliphatic carbocycles. The largest absolute Gasteiger partial charge is 0.478 e. The van der Waals surface area contributed by atoms with Crippen molar-refractivity contribution in [1.29, 1.82) is 0 Å². The number of carbonyl (C=O) groups is 1. The van der Waals surface area contributed by atoms with E-state index in [1.807, 2.05) is 18.9 Å². The lowest BCUT2D eigenvalue weighted by molar-refractivity contribution is 0.0697. The first kappa shape index (κ1) is 11.2. The van der Waals surface area contributed by atoms with Gasteiger partial charge in [-0.15, -0.1) is 0 Å². The van der Waals surface area contributed by atoms with E-state index in [1.165, 1.54) is 6.20 Å². The molecule has 0 aliphatic heterocycles. The lowest BCUT2D eigenvalue weighted by Gasteiger charge is -2.20. The van der Waals surface area contributed by atoms with Crippen molar-refractivity contribution < 1.29 is 9.90 Å². The van der Waals surface area contributed by atoms with Gasteiger partial charge in [-0.3, -0.25) is 4.98 Å². The summed E-state index contributed by atoms with van der Waals surface area (Å²) in [6.07, 6.45) is 2.93. The van der Waals surface area contributed by atoms with Gasteiger partial charge in [-0.1, -0.05) is 12.2 Å². The molecular weight excluding hydrogens is 192 g/mol. The van der Waals surface area contributed by atoms with Crippen LogP contribution < -0.4 is 4.90 Å². The third-order valence-electron chi connectivity index (χ3n) is 1.95. The number of pyridine rings is 1. The van der Waals surface area contributed by atoms with Crippen LogP contribution in [0.4, 0.5) is 5.69 Å². The number of carboxylic acids is 1. The summed E-state index contributed by atoms with van der Waals surface area (Å²) in [6, 6.07) is 1.69. The number of carboxylic acid groups (broad SMARTS) is 1. The molecule has 0 aromatic carbocycles. The normalized spacial score (nSPS) is 9.73. The highest BCUT2D eigenvalue weighted by molar-refractivity contribution is 5.93. The molecule has 1 heterocycles. The molecule has 80 valence electrons. The molecule has 0 radical (unpaired) electrons. The van der Waals surface area contributed by atoms with Crippen LogP contribution in [0.2, 0.25) is 0 Å². The maximum atomic E-state index is 10.9. The van der Waals surface area contributed by atoms with Crippen LogP contribution in [-0.4, -0.2) is 29.7 Å². The van der Waals surface area contributed by atoms with Gasteiger partial charge in [0, 0.05) is 26.0 Å². The molecule has 15 heavy (non-hydrogen) atoms. The second-order valence-electron chi connectivity index (χ2n) is 3.51. The van der Waals surface area contributed by atoms with Gasteiger partial charge in [0.15, 0.2) is 0 Å². The van der Waals surface area contributed by atoms with Crippen molar-refractivity contribution in [1.82, 2.24) is 4.98 Å². The van der Waals surface area contributed by atoms with Crippen LogP contribution in [-0.2, 0) is 0 Å². The van der Waals surface area contributed by atoms with E-state index in [0.717, 1.165) is 5.57 Å². The first-order chi connectivity index (χ1) is 7.02. The lowest BCUT2D eigenvalue weighted by atomic mass is 10.2. The number of likely N-dealkylation sites (N-methyl/N-ethyl adjacent to an activating group) is 1. The van der Waals surface area contributed by atoms with Gasteiger partial charge in [0.2, 0.25) is 0 Å². The summed E-state index contributed by atoms with van der Waals surface area (Å²) in [4.78, 5) is 16.6.